The van der Waals surface area contributed by atoms with Gasteiger partial charge in [0.15, 0.2) is 0 Å². The van der Waals surface area contributed by atoms with Crippen molar-refractivity contribution in [2.45, 2.75) is 38.9 Å². The van der Waals surface area contributed by atoms with Crippen LogP contribution in [-0.2, 0) is 30.8 Å². The molecule has 7 heteroatoms. The number of carbonyl (C=O) groups is 1. The Bertz CT molecular complexity index is 843. The van der Waals surface area contributed by atoms with Crippen molar-refractivity contribution in [1.82, 2.24) is 20.4 Å². The maximum absolute atomic E-state index is 12.1. The number of hydrogen-bond donors (Lipinski definition) is 2. The van der Waals surface area contributed by atoms with Gasteiger partial charge in [0.1, 0.15) is 11.5 Å². The topological polar surface area (TPSA) is 72.1 Å². The minimum absolute atomic E-state index is 0.0143. The van der Waals surface area contributed by atoms with Crippen molar-refractivity contribution in [3.05, 3.63) is 52.9 Å². The first-order chi connectivity index (χ1) is 12.8. The number of aryl methyl sites for hydroxylation is 2. The fraction of sp³-hybridized carbons (Fsp3) is 0.368. The molecule has 0 bridgehead atoms. The third-order valence-electron chi connectivity index (χ3n) is 4.43. The van der Waals surface area contributed by atoms with Gasteiger partial charge in [0.05, 0.1) is 22.8 Å². The Morgan fingerprint density at radius 2 is 2.35 bits per heavy atom. The van der Waals surface area contributed by atoms with Gasteiger partial charge in [-0.2, -0.15) is 5.10 Å². The molecule has 0 radical (unpaired) electrons. The fourth-order valence-electron chi connectivity index (χ4n) is 3.09. The van der Waals surface area contributed by atoms with Crippen molar-refractivity contribution in [3.63, 3.8) is 0 Å². The predicted octanol–water partition coefficient (Wildman–Crippen LogP) is 2.95. The van der Waals surface area contributed by atoms with Gasteiger partial charge in [0, 0.05) is 25.9 Å². The van der Waals surface area contributed by atoms with Crippen molar-refractivity contribution in [1.29, 1.82) is 0 Å². The molecule has 0 unspecified atom stereocenters. The van der Waals surface area contributed by atoms with E-state index in [2.05, 4.69) is 21.8 Å². The van der Waals surface area contributed by atoms with Gasteiger partial charge in [-0.1, -0.05) is 6.07 Å². The van der Waals surface area contributed by atoms with E-state index < -0.39 is 0 Å². The lowest BCUT2D eigenvalue weighted by atomic mass is 10.2. The summed E-state index contributed by atoms with van der Waals surface area (Å²) in [5, 5.41) is 12.9. The van der Waals surface area contributed by atoms with E-state index in [1.165, 1.54) is 5.69 Å². The van der Waals surface area contributed by atoms with Gasteiger partial charge < -0.3 is 15.1 Å². The number of rotatable bonds is 6. The molecule has 3 aromatic rings. The minimum Gasteiger partial charge on any atom is -0.460 e. The molecule has 26 heavy (non-hydrogen) atoms. The number of fused-ring (bicyclic) bond motifs is 1. The summed E-state index contributed by atoms with van der Waals surface area (Å²) in [5.74, 6) is 1.72. The first kappa shape index (κ1) is 17.1. The highest BCUT2D eigenvalue weighted by Gasteiger charge is 2.12. The zero-order valence-corrected chi connectivity index (χ0v) is 15.3. The van der Waals surface area contributed by atoms with Crippen molar-refractivity contribution in [3.8, 4) is 10.6 Å². The summed E-state index contributed by atoms with van der Waals surface area (Å²) in [6, 6.07) is 10.0. The molecule has 136 valence electrons. The number of nitrogens with zero attached hydrogens (tertiary/aromatic N) is 2. The Morgan fingerprint density at radius 1 is 1.38 bits per heavy atom. The maximum Gasteiger partial charge on any atom is 0.220 e. The van der Waals surface area contributed by atoms with Crippen LogP contribution >= 0.6 is 11.3 Å². The molecule has 0 saturated carbocycles. The lowest BCUT2D eigenvalue weighted by Gasteiger charge is -2.03. The zero-order valence-electron chi connectivity index (χ0n) is 14.5. The molecule has 0 atom stereocenters. The van der Waals surface area contributed by atoms with Gasteiger partial charge in [-0.25, -0.2) is 0 Å². The minimum atomic E-state index is 0.0143. The average Bonchev–Trinajstić information content (AvgIpc) is 3.37. The molecule has 2 N–H and O–H groups in total. The number of hydrogen-bond acceptors (Lipinski definition) is 5. The molecule has 1 amide bonds. The Morgan fingerprint density at radius 3 is 3.23 bits per heavy atom. The Labute approximate surface area is 156 Å². The molecule has 6 nitrogen and oxygen atoms in total. The van der Waals surface area contributed by atoms with Gasteiger partial charge in [-0.15, -0.1) is 11.3 Å². The van der Waals surface area contributed by atoms with E-state index in [4.69, 9.17) is 4.42 Å². The lowest BCUT2D eigenvalue weighted by molar-refractivity contribution is -0.121. The van der Waals surface area contributed by atoms with E-state index in [9.17, 15) is 4.79 Å². The summed E-state index contributed by atoms with van der Waals surface area (Å²) < 4.78 is 7.85. The number of carbonyl (C=O) groups excluding carboxylic acids is 1. The van der Waals surface area contributed by atoms with Gasteiger partial charge >= 0.3 is 0 Å². The molecular formula is C19H22N4O2S. The molecule has 0 saturated heterocycles. The van der Waals surface area contributed by atoms with Crippen LogP contribution in [0, 0.1) is 0 Å². The molecule has 0 aliphatic carbocycles. The molecule has 4 rings (SSSR count). The Hall–Kier alpha value is -2.38. The highest BCUT2D eigenvalue weighted by atomic mass is 32.1. The summed E-state index contributed by atoms with van der Waals surface area (Å²) >= 11 is 1.65. The van der Waals surface area contributed by atoms with E-state index >= 15 is 0 Å². The number of aromatic nitrogens is 2. The van der Waals surface area contributed by atoms with Gasteiger partial charge in [0.2, 0.25) is 5.91 Å². The zero-order chi connectivity index (χ0) is 17.8. The van der Waals surface area contributed by atoms with E-state index in [-0.39, 0.29) is 5.91 Å². The second-order valence-corrected chi connectivity index (χ2v) is 7.35. The molecule has 4 heterocycles. The average molecular weight is 370 g/mol. The molecule has 0 fully saturated rings. The normalized spacial score (nSPS) is 14.0. The van der Waals surface area contributed by atoms with E-state index in [1.807, 2.05) is 34.3 Å². The van der Waals surface area contributed by atoms with Crippen LogP contribution in [0.4, 0.5) is 0 Å². The number of thiophene rings is 1. The van der Waals surface area contributed by atoms with Crippen LogP contribution in [0.25, 0.3) is 10.6 Å². The van der Waals surface area contributed by atoms with Gasteiger partial charge in [-0.05, 0) is 42.6 Å². The van der Waals surface area contributed by atoms with Crippen LogP contribution in [0.1, 0.15) is 30.0 Å². The maximum atomic E-state index is 12.1. The largest absolute Gasteiger partial charge is 0.460 e. The molecular weight excluding hydrogens is 348 g/mol. The second kappa shape index (κ2) is 7.88. The number of amides is 1. The van der Waals surface area contributed by atoms with Crippen LogP contribution in [0.2, 0.25) is 0 Å². The molecule has 0 spiro atoms. The summed E-state index contributed by atoms with van der Waals surface area (Å²) in [6.45, 7) is 3.27. The van der Waals surface area contributed by atoms with Crippen molar-refractivity contribution in [2.75, 3.05) is 6.54 Å². The van der Waals surface area contributed by atoms with Gasteiger partial charge in [0.25, 0.3) is 0 Å². The van der Waals surface area contributed by atoms with Crippen LogP contribution in [0.3, 0.4) is 0 Å². The first-order valence-corrected chi connectivity index (χ1v) is 9.81. The van der Waals surface area contributed by atoms with E-state index in [0.717, 1.165) is 48.1 Å². The monoisotopic (exact) mass is 370 g/mol. The highest BCUT2D eigenvalue weighted by Crippen LogP contribution is 2.26. The molecule has 1 aliphatic heterocycles. The first-order valence-electron chi connectivity index (χ1n) is 8.93. The van der Waals surface area contributed by atoms with Crippen molar-refractivity contribution >= 4 is 17.2 Å². The highest BCUT2D eigenvalue weighted by molar-refractivity contribution is 7.13. The quantitative estimate of drug-likeness (QED) is 0.700. The Kier molecular flexibility index (Phi) is 5.17. The SMILES string of the molecule is O=C(CCc1ccc(-c2cccs2)o1)NCc1cc2n(n1)CCCNC2. The predicted molar refractivity (Wildman–Crippen MR) is 101 cm³/mol. The summed E-state index contributed by atoms with van der Waals surface area (Å²) in [7, 11) is 0. The third-order valence-corrected chi connectivity index (χ3v) is 5.32. The van der Waals surface area contributed by atoms with Crippen LogP contribution in [0.15, 0.2) is 40.1 Å². The smallest absolute Gasteiger partial charge is 0.220 e. The van der Waals surface area contributed by atoms with Crippen LogP contribution in [-0.4, -0.2) is 22.2 Å². The fourth-order valence-corrected chi connectivity index (χ4v) is 3.77. The van der Waals surface area contributed by atoms with Crippen LogP contribution in [0.5, 0.6) is 0 Å². The molecule has 1 aliphatic rings. The number of furan rings is 1. The molecule has 3 aromatic heterocycles. The van der Waals surface area contributed by atoms with Crippen molar-refractivity contribution < 1.29 is 9.21 Å². The van der Waals surface area contributed by atoms with Crippen LogP contribution < -0.4 is 10.6 Å². The van der Waals surface area contributed by atoms with Crippen molar-refractivity contribution in [2.24, 2.45) is 0 Å². The summed E-state index contributed by atoms with van der Waals surface area (Å²) in [6.07, 6.45) is 2.09. The lowest BCUT2D eigenvalue weighted by Crippen LogP contribution is -2.23. The van der Waals surface area contributed by atoms with E-state index in [1.54, 1.807) is 11.3 Å². The van der Waals surface area contributed by atoms with E-state index in [0.29, 0.717) is 19.4 Å². The standard InChI is InChI=1S/C19H22N4O2S/c24-19(7-5-16-4-6-17(25-16)18-3-1-10-26-18)21-12-14-11-15-13-20-8-2-9-23(15)22-14/h1,3-4,6,10-11,20H,2,5,7-9,12-13H2,(H,21,24). The summed E-state index contributed by atoms with van der Waals surface area (Å²) in [5.41, 5.74) is 2.10. The second-order valence-electron chi connectivity index (χ2n) is 6.40. The van der Waals surface area contributed by atoms with Gasteiger partial charge in [-0.3, -0.25) is 9.48 Å². The summed E-state index contributed by atoms with van der Waals surface area (Å²) in [4.78, 5) is 13.2. The number of nitrogens with one attached hydrogen (secondary N) is 2. The Balaban J connectivity index is 1.26. The third kappa shape index (κ3) is 4.05. The molecule has 0 aromatic carbocycles.